The summed E-state index contributed by atoms with van der Waals surface area (Å²) >= 11 is 0. The van der Waals surface area contributed by atoms with Crippen molar-refractivity contribution < 1.29 is 5.11 Å². The molecule has 0 amide bonds. The summed E-state index contributed by atoms with van der Waals surface area (Å²) in [7, 11) is 0. The fraction of sp³-hybridized carbons (Fsp3) is 0.538. The first-order valence-corrected chi connectivity index (χ1v) is 5.50. The van der Waals surface area contributed by atoms with E-state index in [9.17, 15) is 0 Å². The van der Waals surface area contributed by atoms with Gasteiger partial charge in [0.25, 0.3) is 0 Å². The normalized spacial score (nSPS) is 15.0. The van der Waals surface area contributed by atoms with E-state index < -0.39 is 0 Å². The number of aliphatic hydroxyl groups excluding tert-OH is 1. The van der Waals surface area contributed by atoms with Crippen molar-refractivity contribution in [2.45, 2.75) is 39.2 Å². The molecule has 0 spiro atoms. The van der Waals surface area contributed by atoms with Gasteiger partial charge >= 0.3 is 0 Å². The molecule has 1 aromatic rings. The van der Waals surface area contributed by atoms with Crippen molar-refractivity contribution in [2.75, 3.05) is 6.61 Å². The highest BCUT2D eigenvalue weighted by Gasteiger charge is 2.19. The minimum absolute atomic E-state index is 0.0805. The van der Waals surface area contributed by atoms with Gasteiger partial charge in [-0.25, -0.2) is 0 Å². The summed E-state index contributed by atoms with van der Waals surface area (Å²) in [6, 6.07) is 6.35. The maximum atomic E-state index is 9.07. The Hall–Kier alpha value is -0.860. The minimum atomic E-state index is 0.0805. The summed E-state index contributed by atoms with van der Waals surface area (Å²) in [4.78, 5) is 0. The second-order valence-corrected chi connectivity index (χ2v) is 4.28. The number of hydrogen-bond donors (Lipinski definition) is 2. The van der Waals surface area contributed by atoms with Crippen LogP contribution in [-0.4, -0.2) is 17.8 Å². The van der Waals surface area contributed by atoms with E-state index in [1.54, 1.807) is 0 Å². The Morgan fingerprint density at radius 3 is 2.20 bits per heavy atom. The SMILES string of the molecule is Cc1cccc(C)c1C(CCO)C(C)N. The second kappa shape index (κ2) is 5.29. The quantitative estimate of drug-likeness (QED) is 0.794. The van der Waals surface area contributed by atoms with Crippen LogP contribution in [0, 0.1) is 13.8 Å². The van der Waals surface area contributed by atoms with E-state index in [0.717, 1.165) is 6.42 Å². The Kier molecular flexibility index (Phi) is 4.30. The van der Waals surface area contributed by atoms with Crippen LogP contribution in [0.25, 0.3) is 0 Å². The number of hydrogen-bond acceptors (Lipinski definition) is 2. The van der Waals surface area contributed by atoms with Crippen molar-refractivity contribution in [1.82, 2.24) is 0 Å². The Morgan fingerprint density at radius 2 is 1.80 bits per heavy atom. The fourth-order valence-corrected chi connectivity index (χ4v) is 2.22. The van der Waals surface area contributed by atoms with E-state index in [4.69, 9.17) is 10.8 Å². The lowest BCUT2D eigenvalue weighted by atomic mass is 9.84. The third kappa shape index (κ3) is 2.80. The smallest absolute Gasteiger partial charge is 0.0437 e. The van der Waals surface area contributed by atoms with Gasteiger partial charge in [-0.3, -0.25) is 0 Å². The van der Waals surface area contributed by atoms with Gasteiger partial charge in [0.2, 0.25) is 0 Å². The van der Waals surface area contributed by atoms with Crippen LogP contribution >= 0.6 is 0 Å². The highest BCUT2D eigenvalue weighted by atomic mass is 16.3. The molecular weight excluding hydrogens is 186 g/mol. The van der Waals surface area contributed by atoms with Gasteiger partial charge in [0.15, 0.2) is 0 Å². The lowest BCUT2D eigenvalue weighted by Gasteiger charge is -2.24. The molecular formula is C13H21NO. The van der Waals surface area contributed by atoms with Gasteiger partial charge in [0.1, 0.15) is 0 Å². The topological polar surface area (TPSA) is 46.2 Å². The number of rotatable bonds is 4. The zero-order valence-corrected chi connectivity index (χ0v) is 9.83. The Balaban J connectivity index is 3.10. The van der Waals surface area contributed by atoms with Crippen molar-refractivity contribution in [1.29, 1.82) is 0 Å². The summed E-state index contributed by atoms with van der Waals surface area (Å²) in [6.45, 7) is 6.41. The Bertz CT molecular complexity index is 300. The molecule has 0 saturated carbocycles. The van der Waals surface area contributed by atoms with E-state index in [2.05, 4.69) is 32.0 Å². The van der Waals surface area contributed by atoms with Gasteiger partial charge in [-0.15, -0.1) is 0 Å². The van der Waals surface area contributed by atoms with Crippen LogP contribution in [0.2, 0.25) is 0 Å². The van der Waals surface area contributed by atoms with Crippen molar-refractivity contribution in [2.24, 2.45) is 5.73 Å². The number of nitrogens with two attached hydrogens (primary N) is 1. The summed E-state index contributed by atoms with van der Waals surface area (Å²) in [5, 5.41) is 9.07. The average molecular weight is 207 g/mol. The molecule has 84 valence electrons. The van der Waals surface area contributed by atoms with Crippen LogP contribution in [0.3, 0.4) is 0 Å². The van der Waals surface area contributed by atoms with Crippen LogP contribution in [0.1, 0.15) is 36.0 Å². The predicted molar refractivity (Wildman–Crippen MR) is 64.0 cm³/mol. The molecule has 2 nitrogen and oxygen atoms in total. The van der Waals surface area contributed by atoms with E-state index in [1.165, 1.54) is 16.7 Å². The maximum absolute atomic E-state index is 9.07. The van der Waals surface area contributed by atoms with Crippen LogP contribution in [-0.2, 0) is 0 Å². The molecule has 2 heteroatoms. The molecule has 1 rings (SSSR count). The van der Waals surface area contributed by atoms with Crippen molar-refractivity contribution in [3.8, 4) is 0 Å². The Labute approximate surface area is 92.1 Å². The largest absolute Gasteiger partial charge is 0.396 e. The zero-order valence-electron chi connectivity index (χ0n) is 9.83. The van der Waals surface area contributed by atoms with E-state index in [1.807, 2.05) is 6.92 Å². The van der Waals surface area contributed by atoms with Gasteiger partial charge in [0.05, 0.1) is 0 Å². The van der Waals surface area contributed by atoms with E-state index in [0.29, 0.717) is 0 Å². The molecule has 0 radical (unpaired) electrons. The summed E-state index contributed by atoms with van der Waals surface area (Å²) in [6.07, 6.45) is 0.739. The molecule has 0 aliphatic rings. The van der Waals surface area contributed by atoms with E-state index >= 15 is 0 Å². The highest BCUT2D eigenvalue weighted by Crippen LogP contribution is 2.28. The predicted octanol–water partition coefficient (Wildman–Crippen LogP) is 2.12. The lowest BCUT2D eigenvalue weighted by molar-refractivity contribution is 0.268. The van der Waals surface area contributed by atoms with Gasteiger partial charge < -0.3 is 10.8 Å². The molecule has 0 fully saturated rings. The van der Waals surface area contributed by atoms with Gasteiger partial charge in [-0.1, -0.05) is 18.2 Å². The first-order valence-electron chi connectivity index (χ1n) is 5.50. The molecule has 3 N–H and O–H groups in total. The van der Waals surface area contributed by atoms with Crippen molar-refractivity contribution in [3.05, 3.63) is 34.9 Å². The molecule has 0 aromatic heterocycles. The molecule has 0 aliphatic carbocycles. The number of benzene rings is 1. The third-order valence-corrected chi connectivity index (χ3v) is 2.99. The fourth-order valence-electron chi connectivity index (χ4n) is 2.22. The molecule has 0 bridgehead atoms. The minimum Gasteiger partial charge on any atom is -0.396 e. The van der Waals surface area contributed by atoms with Gasteiger partial charge in [-0.2, -0.15) is 0 Å². The Morgan fingerprint density at radius 1 is 1.27 bits per heavy atom. The number of aryl methyl sites for hydroxylation is 2. The molecule has 0 saturated heterocycles. The number of aliphatic hydroxyl groups is 1. The standard InChI is InChI=1S/C13H21NO/c1-9-5-4-6-10(2)13(9)12(7-8-15)11(3)14/h4-6,11-12,15H,7-8,14H2,1-3H3. The first kappa shape index (κ1) is 12.2. The molecule has 2 atom stereocenters. The molecule has 2 unspecified atom stereocenters. The summed E-state index contributed by atoms with van der Waals surface area (Å²) in [5.74, 6) is 0.260. The highest BCUT2D eigenvalue weighted by molar-refractivity contribution is 5.37. The van der Waals surface area contributed by atoms with Gasteiger partial charge in [-0.05, 0) is 43.9 Å². The van der Waals surface area contributed by atoms with Crippen LogP contribution in [0.5, 0.6) is 0 Å². The summed E-state index contributed by atoms with van der Waals surface area (Å²) in [5.41, 5.74) is 9.83. The maximum Gasteiger partial charge on any atom is 0.0437 e. The van der Waals surface area contributed by atoms with Crippen molar-refractivity contribution >= 4 is 0 Å². The monoisotopic (exact) mass is 207 g/mol. The van der Waals surface area contributed by atoms with Crippen LogP contribution < -0.4 is 5.73 Å². The van der Waals surface area contributed by atoms with Crippen LogP contribution in [0.4, 0.5) is 0 Å². The molecule has 15 heavy (non-hydrogen) atoms. The lowest BCUT2D eigenvalue weighted by Crippen LogP contribution is -2.26. The molecule has 1 aromatic carbocycles. The van der Waals surface area contributed by atoms with Crippen LogP contribution in [0.15, 0.2) is 18.2 Å². The first-order chi connectivity index (χ1) is 7.07. The van der Waals surface area contributed by atoms with E-state index in [-0.39, 0.29) is 18.6 Å². The van der Waals surface area contributed by atoms with Gasteiger partial charge in [0, 0.05) is 18.6 Å². The second-order valence-electron chi connectivity index (χ2n) is 4.28. The average Bonchev–Trinajstić information content (AvgIpc) is 2.15. The van der Waals surface area contributed by atoms with Crippen molar-refractivity contribution in [3.63, 3.8) is 0 Å². The molecule has 0 heterocycles. The third-order valence-electron chi connectivity index (χ3n) is 2.99. The summed E-state index contributed by atoms with van der Waals surface area (Å²) < 4.78 is 0. The molecule has 0 aliphatic heterocycles. The zero-order chi connectivity index (χ0) is 11.4.